The van der Waals surface area contributed by atoms with Gasteiger partial charge in [0.25, 0.3) is 0 Å². The zero-order chi connectivity index (χ0) is 35.4. The lowest BCUT2D eigenvalue weighted by Gasteiger charge is -2.29. The van der Waals surface area contributed by atoms with Gasteiger partial charge in [0.2, 0.25) is 11.8 Å². The molecule has 4 N–H and O–H groups in total. The van der Waals surface area contributed by atoms with E-state index in [1.807, 2.05) is 38.1 Å². The van der Waals surface area contributed by atoms with Gasteiger partial charge in [0, 0.05) is 13.1 Å². The molecule has 0 aromatic heterocycles. The van der Waals surface area contributed by atoms with Crippen LogP contribution < -0.4 is 10.6 Å². The van der Waals surface area contributed by atoms with E-state index >= 15 is 0 Å². The number of carbonyl (C=O) groups excluding carboxylic acids is 2. The molecule has 46 heavy (non-hydrogen) atoms. The molecule has 0 fully saturated rings. The first-order valence-corrected chi connectivity index (χ1v) is 17.2. The van der Waals surface area contributed by atoms with Crippen molar-refractivity contribution in [2.45, 2.75) is 156 Å². The number of hydrogen-bond acceptors (Lipinski definition) is 4. The smallest absolute Gasteiger partial charge is 0.227 e. The molecule has 6 heteroatoms. The van der Waals surface area contributed by atoms with E-state index in [4.69, 9.17) is 0 Å². The average Bonchev–Trinajstić information content (AvgIpc) is 2.91. The number of nitrogens with one attached hydrogen (secondary N) is 2. The maximum absolute atomic E-state index is 13.1. The number of aromatic hydroxyl groups is 2. The van der Waals surface area contributed by atoms with Crippen molar-refractivity contribution >= 4 is 11.8 Å². The Labute approximate surface area is 280 Å². The van der Waals surface area contributed by atoms with Crippen molar-refractivity contribution in [3.63, 3.8) is 0 Å². The summed E-state index contributed by atoms with van der Waals surface area (Å²) in [6, 6.07) is 7.94. The summed E-state index contributed by atoms with van der Waals surface area (Å²) in [5.74, 6) is -0.0197. The summed E-state index contributed by atoms with van der Waals surface area (Å²) >= 11 is 0. The van der Waals surface area contributed by atoms with Gasteiger partial charge in [0.1, 0.15) is 11.5 Å². The second kappa shape index (κ2) is 14.8. The Kier molecular flexibility index (Phi) is 12.6. The van der Waals surface area contributed by atoms with Gasteiger partial charge in [-0.05, 0) is 81.7 Å². The predicted octanol–water partition coefficient (Wildman–Crippen LogP) is 8.99. The summed E-state index contributed by atoms with van der Waals surface area (Å²) in [4.78, 5) is 26.2. The van der Waals surface area contributed by atoms with Crippen LogP contribution in [0.4, 0.5) is 0 Å². The third kappa shape index (κ3) is 10.2. The summed E-state index contributed by atoms with van der Waals surface area (Å²) in [7, 11) is 0. The van der Waals surface area contributed by atoms with Crippen LogP contribution in [-0.2, 0) is 31.2 Å². The van der Waals surface area contributed by atoms with Gasteiger partial charge in [-0.25, -0.2) is 0 Å². The van der Waals surface area contributed by atoms with Crippen molar-refractivity contribution in [3.8, 4) is 11.5 Å². The summed E-state index contributed by atoms with van der Waals surface area (Å²) in [6.07, 6.45) is 3.67. The van der Waals surface area contributed by atoms with Gasteiger partial charge in [-0.3, -0.25) is 9.59 Å². The summed E-state index contributed by atoms with van der Waals surface area (Å²) in [6.45, 7) is 30.0. The zero-order valence-electron chi connectivity index (χ0n) is 31.4. The van der Waals surface area contributed by atoms with Crippen molar-refractivity contribution in [3.05, 3.63) is 57.6 Å². The summed E-state index contributed by atoms with van der Waals surface area (Å²) in [5, 5.41) is 28.3. The van der Waals surface area contributed by atoms with Crippen LogP contribution in [0.1, 0.15) is 168 Å². The Balaban J connectivity index is 1.88. The molecular formula is C40H64N2O4. The Bertz CT molecular complexity index is 1190. The molecule has 2 amide bonds. The third-order valence-corrected chi connectivity index (χ3v) is 8.99. The lowest BCUT2D eigenvalue weighted by Crippen LogP contribution is -2.30. The summed E-state index contributed by atoms with van der Waals surface area (Å²) < 4.78 is 0. The van der Waals surface area contributed by atoms with Crippen molar-refractivity contribution in [2.75, 3.05) is 13.1 Å². The van der Waals surface area contributed by atoms with E-state index in [-0.39, 0.29) is 45.3 Å². The number of hydrogen-bond donors (Lipinski definition) is 4. The molecule has 0 bridgehead atoms. The van der Waals surface area contributed by atoms with E-state index in [0.29, 0.717) is 24.6 Å². The first-order chi connectivity index (χ1) is 20.9. The SMILES string of the molecule is CC(C(=O)NCCCCCCNC(=O)C(C)c1cc(C(C)(C)C)c(O)c(C(C)(C)C)c1)c1cc(C(C)(C)C)c(O)c(C(C)(C)C)c1. The largest absolute Gasteiger partial charge is 0.507 e. The first-order valence-electron chi connectivity index (χ1n) is 17.2. The fourth-order valence-corrected chi connectivity index (χ4v) is 5.74. The Morgan fingerprint density at radius 3 is 0.978 bits per heavy atom. The maximum Gasteiger partial charge on any atom is 0.227 e. The number of carbonyl (C=O) groups is 2. The van der Waals surface area contributed by atoms with Gasteiger partial charge >= 0.3 is 0 Å². The Morgan fingerprint density at radius 1 is 0.522 bits per heavy atom. The molecular weight excluding hydrogens is 572 g/mol. The Morgan fingerprint density at radius 2 is 0.761 bits per heavy atom. The standard InChI is InChI=1S/C40H64N2O4/c1-25(27-21-29(37(3,4)5)33(43)30(22-27)38(6,7)8)35(45)41-19-17-15-16-18-20-42-36(46)26(2)28-23-31(39(9,10)11)34(44)32(24-28)40(12,13)14/h21-26,43-44H,15-20H2,1-14H3,(H,41,45)(H,42,46). The minimum atomic E-state index is -0.326. The monoisotopic (exact) mass is 636 g/mol. The number of phenolic OH excluding ortho intramolecular Hbond substituents is 2. The molecule has 0 saturated heterocycles. The normalized spacial score (nSPS) is 14.1. The lowest BCUT2D eigenvalue weighted by atomic mass is 9.77. The molecule has 0 aliphatic rings. The molecule has 2 rings (SSSR count). The molecule has 2 aromatic rings. The second-order valence-corrected chi connectivity index (χ2v) is 17.4. The molecule has 0 aliphatic heterocycles. The average molecular weight is 637 g/mol. The molecule has 2 aromatic carbocycles. The van der Waals surface area contributed by atoms with Crippen LogP contribution in [0, 0.1) is 0 Å². The number of rotatable bonds is 11. The molecule has 0 radical (unpaired) electrons. The molecule has 6 nitrogen and oxygen atoms in total. The molecule has 2 unspecified atom stereocenters. The van der Waals surface area contributed by atoms with E-state index in [0.717, 1.165) is 59.1 Å². The van der Waals surface area contributed by atoms with Crippen LogP contribution in [0.25, 0.3) is 0 Å². The molecule has 258 valence electrons. The summed E-state index contributed by atoms with van der Waals surface area (Å²) in [5.41, 5.74) is 4.32. The topological polar surface area (TPSA) is 98.7 Å². The van der Waals surface area contributed by atoms with Gasteiger partial charge in [-0.15, -0.1) is 0 Å². The number of unbranched alkanes of at least 4 members (excludes halogenated alkanes) is 3. The van der Waals surface area contributed by atoms with Crippen molar-refractivity contribution < 1.29 is 19.8 Å². The predicted molar refractivity (Wildman–Crippen MR) is 192 cm³/mol. The van der Waals surface area contributed by atoms with Crippen LogP contribution in [-0.4, -0.2) is 35.1 Å². The zero-order valence-corrected chi connectivity index (χ0v) is 31.4. The van der Waals surface area contributed by atoms with Crippen LogP contribution in [0.15, 0.2) is 24.3 Å². The van der Waals surface area contributed by atoms with Crippen molar-refractivity contribution in [1.29, 1.82) is 0 Å². The van der Waals surface area contributed by atoms with Crippen LogP contribution >= 0.6 is 0 Å². The molecule has 2 atom stereocenters. The van der Waals surface area contributed by atoms with E-state index in [1.54, 1.807) is 0 Å². The number of benzene rings is 2. The van der Waals surface area contributed by atoms with Crippen LogP contribution in [0.2, 0.25) is 0 Å². The first kappa shape index (κ1) is 39.2. The van der Waals surface area contributed by atoms with E-state index < -0.39 is 0 Å². The second-order valence-electron chi connectivity index (χ2n) is 17.4. The molecule has 0 saturated carbocycles. The van der Waals surface area contributed by atoms with Crippen LogP contribution in [0.5, 0.6) is 11.5 Å². The van der Waals surface area contributed by atoms with Gasteiger partial charge in [-0.1, -0.05) is 120 Å². The lowest BCUT2D eigenvalue weighted by molar-refractivity contribution is -0.123. The fourth-order valence-electron chi connectivity index (χ4n) is 5.74. The highest BCUT2D eigenvalue weighted by molar-refractivity contribution is 5.84. The quantitative estimate of drug-likeness (QED) is 0.185. The van der Waals surface area contributed by atoms with Gasteiger partial charge in [0.05, 0.1) is 11.8 Å². The van der Waals surface area contributed by atoms with Gasteiger partial charge in [-0.2, -0.15) is 0 Å². The molecule has 0 aliphatic carbocycles. The highest BCUT2D eigenvalue weighted by Crippen LogP contribution is 2.42. The fraction of sp³-hybridized carbons (Fsp3) is 0.650. The molecule has 0 spiro atoms. The highest BCUT2D eigenvalue weighted by atomic mass is 16.3. The van der Waals surface area contributed by atoms with Crippen molar-refractivity contribution in [1.82, 2.24) is 10.6 Å². The van der Waals surface area contributed by atoms with E-state index in [1.165, 1.54) is 0 Å². The molecule has 0 heterocycles. The minimum absolute atomic E-state index is 0.00914. The third-order valence-electron chi connectivity index (χ3n) is 8.99. The highest BCUT2D eigenvalue weighted by Gasteiger charge is 2.30. The van der Waals surface area contributed by atoms with Gasteiger partial charge < -0.3 is 20.8 Å². The van der Waals surface area contributed by atoms with E-state index in [9.17, 15) is 19.8 Å². The number of phenols is 2. The van der Waals surface area contributed by atoms with E-state index in [2.05, 4.69) is 93.7 Å². The van der Waals surface area contributed by atoms with Crippen LogP contribution in [0.3, 0.4) is 0 Å². The van der Waals surface area contributed by atoms with Gasteiger partial charge in [0.15, 0.2) is 0 Å². The van der Waals surface area contributed by atoms with Crippen molar-refractivity contribution in [2.24, 2.45) is 0 Å². The maximum atomic E-state index is 13.1. The Hall–Kier alpha value is -3.02. The minimum Gasteiger partial charge on any atom is -0.507 e. The number of amides is 2.